The molecule has 0 unspecified atom stereocenters. The summed E-state index contributed by atoms with van der Waals surface area (Å²) in [7, 11) is 0. The normalized spacial score (nSPS) is 11.0. The molecule has 2 aromatic rings. The summed E-state index contributed by atoms with van der Waals surface area (Å²) >= 11 is 10.5. The van der Waals surface area contributed by atoms with Crippen LogP contribution >= 0.6 is 38.9 Å². The molecule has 0 radical (unpaired) electrons. The predicted molar refractivity (Wildman–Crippen MR) is 81.3 cm³/mol. The molecule has 0 fully saturated rings. The van der Waals surface area contributed by atoms with Crippen molar-refractivity contribution in [3.05, 3.63) is 38.3 Å². The Bertz CT molecular complexity index is 640. The Kier molecular flexibility index (Phi) is 4.28. The number of benzene rings is 1. The van der Waals surface area contributed by atoms with Crippen LogP contribution in [-0.4, -0.2) is 16.1 Å². The molecule has 0 saturated carbocycles. The van der Waals surface area contributed by atoms with E-state index in [4.69, 9.17) is 11.6 Å². The largest absolute Gasteiger partial charge is 0.477 e. The number of carboxylic acid groups (broad SMARTS) is 1. The van der Waals surface area contributed by atoms with Crippen LogP contribution in [0.3, 0.4) is 0 Å². The first-order chi connectivity index (χ1) is 8.90. The van der Waals surface area contributed by atoms with E-state index >= 15 is 0 Å². The van der Waals surface area contributed by atoms with Gasteiger partial charge in [-0.15, -0.1) is 11.3 Å². The Morgan fingerprint density at radius 1 is 1.47 bits per heavy atom. The Labute approximate surface area is 128 Å². The molecule has 100 valence electrons. The number of thiazole rings is 1. The van der Waals surface area contributed by atoms with E-state index in [2.05, 4.69) is 20.9 Å². The molecule has 1 aromatic heterocycles. The minimum Gasteiger partial charge on any atom is -0.477 e. The Morgan fingerprint density at radius 3 is 2.63 bits per heavy atom. The van der Waals surface area contributed by atoms with Gasteiger partial charge in [0, 0.05) is 10.0 Å². The van der Waals surface area contributed by atoms with Crippen LogP contribution in [0.2, 0.25) is 5.02 Å². The van der Waals surface area contributed by atoms with Crippen LogP contribution in [0.4, 0.5) is 0 Å². The Hall–Kier alpha value is -0.910. The maximum Gasteiger partial charge on any atom is 0.347 e. The van der Waals surface area contributed by atoms with E-state index < -0.39 is 5.97 Å². The highest BCUT2D eigenvalue weighted by atomic mass is 79.9. The average Bonchev–Trinajstić information content (AvgIpc) is 2.78. The second-order valence-electron chi connectivity index (χ2n) is 4.32. The fraction of sp³-hybridized carbons (Fsp3) is 0.231. The summed E-state index contributed by atoms with van der Waals surface area (Å²) in [4.78, 5) is 16.0. The lowest BCUT2D eigenvalue weighted by Crippen LogP contribution is -2.00. The fourth-order valence-corrected chi connectivity index (χ4v) is 3.18. The summed E-state index contributed by atoms with van der Waals surface area (Å²) in [6.07, 6.45) is 0. The zero-order valence-corrected chi connectivity index (χ0v) is 13.4. The molecule has 0 aliphatic rings. The van der Waals surface area contributed by atoms with Gasteiger partial charge in [0.25, 0.3) is 0 Å². The summed E-state index contributed by atoms with van der Waals surface area (Å²) < 4.78 is 0.768. The summed E-state index contributed by atoms with van der Waals surface area (Å²) in [5, 5.41) is 10.5. The maximum atomic E-state index is 11.2. The SMILES string of the molecule is CC(C)c1nc(-c2ccc(Cl)c(Br)c2)sc1C(=O)O. The monoisotopic (exact) mass is 359 g/mol. The van der Waals surface area contributed by atoms with Crippen LogP contribution in [0.25, 0.3) is 10.6 Å². The van der Waals surface area contributed by atoms with Crippen molar-refractivity contribution in [2.45, 2.75) is 19.8 Å². The minimum absolute atomic E-state index is 0.0758. The van der Waals surface area contributed by atoms with Crippen molar-refractivity contribution in [2.75, 3.05) is 0 Å². The van der Waals surface area contributed by atoms with E-state index in [0.717, 1.165) is 10.0 Å². The van der Waals surface area contributed by atoms with Crippen molar-refractivity contribution < 1.29 is 9.90 Å². The first-order valence-electron chi connectivity index (χ1n) is 5.59. The third-order valence-corrected chi connectivity index (χ3v) is 4.88. The standard InChI is InChI=1S/C13H11BrClNO2S/c1-6(2)10-11(13(17)18)19-12(16-10)7-3-4-9(15)8(14)5-7/h3-6H,1-2H3,(H,17,18). The number of halogens is 2. The highest BCUT2D eigenvalue weighted by Crippen LogP contribution is 2.34. The van der Waals surface area contributed by atoms with Crippen LogP contribution in [0, 0.1) is 0 Å². The summed E-state index contributed by atoms with van der Waals surface area (Å²) in [6.45, 7) is 3.87. The van der Waals surface area contributed by atoms with Gasteiger partial charge in [-0.2, -0.15) is 0 Å². The van der Waals surface area contributed by atoms with Crippen molar-refractivity contribution in [1.82, 2.24) is 4.98 Å². The van der Waals surface area contributed by atoms with Crippen molar-refractivity contribution in [1.29, 1.82) is 0 Å². The van der Waals surface area contributed by atoms with Gasteiger partial charge in [-0.1, -0.05) is 31.5 Å². The summed E-state index contributed by atoms with van der Waals surface area (Å²) in [6, 6.07) is 5.44. The van der Waals surface area contributed by atoms with Gasteiger partial charge in [0.2, 0.25) is 0 Å². The van der Waals surface area contributed by atoms with Crippen LogP contribution < -0.4 is 0 Å². The van der Waals surface area contributed by atoms with Gasteiger partial charge in [0.05, 0.1) is 10.7 Å². The third kappa shape index (κ3) is 2.99. The predicted octanol–water partition coefficient (Wildman–Crippen LogP) is 5.05. The van der Waals surface area contributed by atoms with Crippen LogP contribution in [0.15, 0.2) is 22.7 Å². The lowest BCUT2D eigenvalue weighted by Gasteiger charge is -2.01. The quantitative estimate of drug-likeness (QED) is 0.833. The molecule has 0 saturated heterocycles. The smallest absolute Gasteiger partial charge is 0.347 e. The molecule has 0 atom stereocenters. The summed E-state index contributed by atoms with van der Waals surface area (Å²) in [5.74, 6) is -0.854. The molecule has 0 spiro atoms. The zero-order valence-electron chi connectivity index (χ0n) is 10.3. The van der Waals surface area contributed by atoms with Crippen molar-refractivity contribution >= 4 is 44.8 Å². The lowest BCUT2D eigenvalue weighted by atomic mass is 10.1. The number of aromatic nitrogens is 1. The van der Waals surface area contributed by atoms with E-state index in [1.807, 2.05) is 26.0 Å². The molecule has 0 aliphatic carbocycles. The molecule has 1 N–H and O–H groups in total. The second-order valence-corrected chi connectivity index (χ2v) is 6.58. The van der Waals surface area contributed by atoms with Crippen LogP contribution in [-0.2, 0) is 0 Å². The molecule has 6 heteroatoms. The van der Waals surface area contributed by atoms with Crippen LogP contribution in [0.1, 0.15) is 35.1 Å². The number of rotatable bonds is 3. The maximum absolute atomic E-state index is 11.2. The van der Waals surface area contributed by atoms with Gasteiger partial charge in [-0.25, -0.2) is 9.78 Å². The lowest BCUT2D eigenvalue weighted by molar-refractivity contribution is 0.0700. The third-order valence-electron chi connectivity index (χ3n) is 2.56. The van der Waals surface area contributed by atoms with Gasteiger partial charge >= 0.3 is 5.97 Å². The van der Waals surface area contributed by atoms with E-state index in [9.17, 15) is 9.90 Å². The van der Waals surface area contributed by atoms with Crippen molar-refractivity contribution in [3.8, 4) is 10.6 Å². The molecule has 19 heavy (non-hydrogen) atoms. The number of hydrogen-bond donors (Lipinski definition) is 1. The first kappa shape index (κ1) is 14.5. The number of aromatic carboxylic acids is 1. The van der Waals surface area contributed by atoms with Gasteiger partial charge in [-0.05, 0) is 34.0 Å². The van der Waals surface area contributed by atoms with E-state index in [-0.39, 0.29) is 5.92 Å². The highest BCUT2D eigenvalue weighted by Gasteiger charge is 2.20. The molecular formula is C13H11BrClNO2S. The molecule has 0 bridgehead atoms. The van der Waals surface area contributed by atoms with E-state index in [1.165, 1.54) is 11.3 Å². The molecule has 0 amide bonds. The average molecular weight is 361 g/mol. The number of nitrogens with zero attached hydrogens (tertiary/aromatic N) is 1. The molecule has 0 aliphatic heterocycles. The van der Waals surface area contributed by atoms with Gasteiger partial charge in [-0.3, -0.25) is 0 Å². The molecule has 1 heterocycles. The zero-order chi connectivity index (χ0) is 14.2. The van der Waals surface area contributed by atoms with Crippen molar-refractivity contribution in [3.63, 3.8) is 0 Å². The van der Waals surface area contributed by atoms with Gasteiger partial charge < -0.3 is 5.11 Å². The first-order valence-corrected chi connectivity index (χ1v) is 7.58. The highest BCUT2D eigenvalue weighted by molar-refractivity contribution is 9.10. The topological polar surface area (TPSA) is 50.2 Å². The van der Waals surface area contributed by atoms with Crippen LogP contribution in [0.5, 0.6) is 0 Å². The Balaban J connectivity index is 2.54. The number of carbonyl (C=O) groups is 1. The van der Waals surface area contributed by atoms with E-state index in [0.29, 0.717) is 20.6 Å². The van der Waals surface area contributed by atoms with Gasteiger partial charge in [0.1, 0.15) is 9.88 Å². The molecule has 2 rings (SSSR count). The fourth-order valence-electron chi connectivity index (χ4n) is 1.63. The molecule has 1 aromatic carbocycles. The number of carboxylic acids is 1. The van der Waals surface area contributed by atoms with Gasteiger partial charge in [0.15, 0.2) is 0 Å². The molecular weight excluding hydrogens is 350 g/mol. The van der Waals surface area contributed by atoms with Crippen molar-refractivity contribution in [2.24, 2.45) is 0 Å². The molecule has 3 nitrogen and oxygen atoms in total. The second kappa shape index (κ2) is 5.61. The number of hydrogen-bond acceptors (Lipinski definition) is 3. The summed E-state index contributed by atoms with van der Waals surface area (Å²) in [5.41, 5.74) is 1.48. The minimum atomic E-state index is -0.930. The van der Waals surface area contributed by atoms with E-state index in [1.54, 1.807) is 6.07 Å². The Morgan fingerprint density at radius 2 is 2.16 bits per heavy atom.